The second kappa shape index (κ2) is 10.3. The first-order chi connectivity index (χ1) is 12.6. The van der Waals surface area contributed by atoms with E-state index in [-0.39, 0.29) is 11.8 Å². The van der Waals surface area contributed by atoms with E-state index in [4.69, 9.17) is 5.26 Å². The number of likely N-dealkylation sites (N-methyl/N-ethyl adjacent to an activating group) is 1. The minimum atomic E-state index is -0.0666. The predicted molar refractivity (Wildman–Crippen MR) is 103 cm³/mol. The minimum Gasteiger partial charge on any atom is -0.342 e. The van der Waals surface area contributed by atoms with Crippen molar-refractivity contribution >= 4 is 28.2 Å². The largest absolute Gasteiger partial charge is 0.342 e. The highest BCUT2D eigenvalue weighted by molar-refractivity contribution is 7.14. The summed E-state index contributed by atoms with van der Waals surface area (Å²) >= 11 is 1.37. The van der Waals surface area contributed by atoms with Gasteiger partial charge in [-0.3, -0.25) is 14.5 Å². The van der Waals surface area contributed by atoms with Gasteiger partial charge in [0.1, 0.15) is 11.1 Å². The number of nitrogens with zero attached hydrogens (tertiary/aromatic N) is 4. The fourth-order valence-electron chi connectivity index (χ4n) is 2.98. The van der Waals surface area contributed by atoms with E-state index in [2.05, 4.69) is 21.2 Å². The fourth-order valence-corrected chi connectivity index (χ4v) is 3.74. The number of amides is 2. The van der Waals surface area contributed by atoms with Gasteiger partial charge >= 0.3 is 0 Å². The molecule has 142 valence electrons. The van der Waals surface area contributed by atoms with Gasteiger partial charge in [-0.1, -0.05) is 0 Å². The molecule has 2 amide bonds. The molecule has 2 heterocycles. The molecule has 1 aliphatic rings. The average Bonchev–Trinajstić information content (AvgIpc) is 3.09. The van der Waals surface area contributed by atoms with Gasteiger partial charge in [-0.2, -0.15) is 5.26 Å². The van der Waals surface area contributed by atoms with Crippen LogP contribution >= 0.6 is 11.3 Å². The average molecular weight is 378 g/mol. The maximum absolute atomic E-state index is 12.2. The summed E-state index contributed by atoms with van der Waals surface area (Å²) in [5, 5.41) is 14.2. The summed E-state index contributed by atoms with van der Waals surface area (Å²) in [7, 11) is 0. The molecule has 7 nitrogen and oxygen atoms in total. The lowest BCUT2D eigenvalue weighted by Gasteiger charge is -2.35. The lowest BCUT2D eigenvalue weighted by atomic mass is 10.2. The van der Waals surface area contributed by atoms with Crippen LogP contribution in [-0.2, 0) is 9.59 Å². The van der Waals surface area contributed by atoms with Crippen molar-refractivity contribution < 1.29 is 9.59 Å². The monoisotopic (exact) mass is 377 g/mol. The summed E-state index contributed by atoms with van der Waals surface area (Å²) in [5.74, 6) is 0.121. The van der Waals surface area contributed by atoms with E-state index in [1.165, 1.54) is 11.3 Å². The topological polar surface area (TPSA) is 79.7 Å². The van der Waals surface area contributed by atoms with Gasteiger partial charge in [0.25, 0.3) is 0 Å². The molecule has 1 aromatic heterocycles. The second-order valence-corrected chi connectivity index (χ2v) is 7.17. The Morgan fingerprint density at radius 3 is 2.50 bits per heavy atom. The van der Waals surface area contributed by atoms with E-state index in [1.54, 1.807) is 11.4 Å². The summed E-state index contributed by atoms with van der Waals surface area (Å²) in [6, 6.07) is 3.78. The van der Waals surface area contributed by atoms with Gasteiger partial charge in [0.2, 0.25) is 11.8 Å². The second-order valence-electron chi connectivity index (χ2n) is 6.26. The van der Waals surface area contributed by atoms with Crippen molar-refractivity contribution in [3.63, 3.8) is 0 Å². The Hall–Kier alpha value is -1.95. The Balaban J connectivity index is 1.68. The molecule has 0 aliphatic carbocycles. The number of carbonyl (C=O) groups excluding carboxylic acids is 2. The van der Waals surface area contributed by atoms with Crippen LogP contribution in [0.3, 0.4) is 0 Å². The summed E-state index contributed by atoms with van der Waals surface area (Å²) in [6.07, 6.45) is 0.404. The Kier molecular flexibility index (Phi) is 8.04. The molecule has 1 saturated heterocycles. The molecular weight excluding hydrogens is 350 g/mol. The molecule has 0 aromatic carbocycles. The highest BCUT2D eigenvalue weighted by Crippen LogP contribution is 2.22. The molecule has 0 unspecified atom stereocenters. The summed E-state index contributed by atoms with van der Waals surface area (Å²) in [5.41, 5.74) is 0.509. The summed E-state index contributed by atoms with van der Waals surface area (Å²) < 4.78 is 0. The minimum absolute atomic E-state index is 0.0666. The Bertz CT molecular complexity index is 642. The van der Waals surface area contributed by atoms with Crippen LogP contribution < -0.4 is 5.32 Å². The van der Waals surface area contributed by atoms with Crippen molar-refractivity contribution in [2.24, 2.45) is 0 Å². The molecule has 0 bridgehead atoms. The van der Waals surface area contributed by atoms with Crippen molar-refractivity contribution in [1.29, 1.82) is 5.26 Å². The normalized spacial score (nSPS) is 15.4. The van der Waals surface area contributed by atoms with Crippen LogP contribution in [0.1, 0.15) is 25.8 Å². The predicted octanol–water partition coefficient (Wildman–Crippen LogP) is 1.43. The number of thiophene rings is 1. The number of nitriles is 1. The standard InChI is InChI=1S/C18H27N5O2S/c1-3-23(4-2)17(25)14-22-10-8-21(9-11-22)7-5-16(24)20-18-15(13-19)6-12-26-18/h6,12H,3-5,7-11,14H2,1-2H3,(H,20,24). The first kappa shape index (κ1) is 20.4. The van der Waals surface area contributed by atoms with Crippen molar-refractivity contribution in [3.05, 3.63) is 17.0 Å². The van der Waals surface area contributed by atoms with Gasteiger partial charge in [-0.15, -0.1) is 11.3 Å². The molecule has 1 aliphatic heterocycles. The Morgan fingerprint density at radius 1 is 1.23 bits per heavy atom. The molecule has 0 radical (unpaired) electrons. The molecule has 26 heavy (non-hydrogen) atoms. The molecule has 1 aromatic rings. The van der Waals surface area contributed by atoms with E-state index >= 15 is 0 Å². The first-order valence-corrected chi connectivity index (χ1v) is 9.95. The van der Waals surface area contributed by atoms with E-state index in [1.807, 2.05) is 18.7 Å². The van der Waals surface area contributed by atoms with E-state index in [9.17, 15) is 9.59 Å². The lowest BCUT2D eigenvalue weighted by Crippen LogP contribution is -2.50. The van der Waals surface area contributed by atoms with E-state index in [0.29, 0.717) is 30.1 Å². The number of hydrogen-bond acceptors (Lipinski definition) is 6. The zero-order chi connectivity index (χ0) is 18.9. The number of anilines is 1. The maximum atomic E-state index is 12.2. The summed E-state index contributed by atoms with van der Waals surface area (Å²) in [6.45, 7) is 10.1. The third-order valence-electron chi connectivity index (χ3n) is 4.63. The van der Waals surface area contributed by atoms with Crippen LogP contribution in [0.4, 0.5) is 5.00 Å². The van der Waals surface area contributed by atoms with Crippen molar-refractivity contribution in [2.45, 2.75) is 20.3 Å². The summed E-state index contributed by atoms with van der Waals surface area (Å²) in [4.78, 5) is 30.5. The van der Waals surface area contributed by atoms with Crippen LogP contribution in [0.25, 0.3) is 0 Å². The third-order valence-corrected chi connectivity index (χ3v) is 5.46. The van der Waals surface area contributed by atoms with Crippen molar-refractivity contribution in [1.82, 2.24) is 14.7 Å². The lowest BCUT2D eigenvalue weighted by molar-refractivity contribution is -0.132. The van der Waals surface area contributed by atoms with Crippen molar-refractivity contribution in [3.8, 4) is 6.07 Å². The maximum Gasteiger partial charge on any atom is 0.236 e. The zero-order valence-electron chi connectivity index (χ0n) is 15.5. The molecule has 0 spiro atoms. The van der Waals surface area contributed by atoms with Crippen molar-refractivity contribution in [2.75, 3.05) is 57.7 Å². The van der Waals surface area contributed by atoms with Crippen LogP contribution in [-0.4, -0.2) is 78.9 Å². The smallest absolute Gasteiger partial charge is 0.236 e. The number of nitrogens with one attached hydrogen (secondary N) is 1. The molecule has 0 atom stereocenters. The number of rotatable bonds is 8. The zero-order valence-corrected chi connectivity index (χ0v) is 16.3. The van der Waals surface area contributed by atoms with Crippen LogP contribution in [0.2, 0.25) is 0 Å². The number of carbonyl (C=O) groups is 2. The fraction of sp³-hybridized carbons (Fsp3) is 0.611. The number of piperazine rings is 1. The SMILES string of the molecule is CCN(CC)C(=O)CN1CCN(CCC(=O)Nc2sccc2C#N)CC1. The first-order valence-electron chi connectivity index (χ1n) is 9.07. The highest BCUT2D eigenvalue weighted by Gasteiger charge is 2.21. The quantitative estimate of drug-likeness (QED) is 0.741. The van der Waals surface area contributed by atoms with Crippen LogP contribution in [0, 0.1) is 11.3 Å². The molecule has 1 N–H and O–H groups in total. The van der Waals surface area contributed by atoms with Crippen LogP contribution in [0.15, 0.2) is 11.4 Å². The van der Waals surface area contributed by atoms with E-state index in [0.717, 1.165) is 39.3 Å². The van der Waals surface area contributed by atoms with Gasteiger partial charge in [0.15, 0.2) is 0 Å². The third kappa shape index (κ3) is 5.80. The van der Waals surface area contributed by atoms with Gasteiger partial charge < -0.3 is 15.1 Å². The van der Waals surface area contributed by atoms with Gasteiger partial charge in [0, 0.05) is 52.2 Å². The Labute approximate surface area is 159 Å². The van der Waals surface area contributed by atoms with Gasteiger partial charge in [-0.05, 0) is 25.3 Å². The van der Waals surface area contributed by atoms with Gasteiger partial charge in [-0.25, -0.2) is 0 Å². The van der Waals surface area contributed by atoms with E-state index < -0.39 is 0 Å². The molecule has 2 rings (SSSR count). The molecule has 8 heteroatoms. The molecule has 1 fully saturated rings. The highest BCUT2D eigenvalue weighted by atomic mass is 32.1. The molecule has 0 saturated carbocycles. The van der Waals surface area contributed by atoms with Crippen LogP contribution in [0.5, 0.6) is 0 Å². The van der Waals surface area contributed by atoms with Gasteiger partial charge in [0.05, 0.1) is 12.1 Å². The number of hydrogen-bond donors (Lipinski definition) is 1. The molecular formula is C18H27N5O2S. The Morgan fingerprint density at radius 2 is 1.88 bits per heavy atom.